The van der Waals surface area contributed by atoms with Crippen LogP contribution in [0.15, 0.2) is 89.9 Å². The first-order valence-corrected chi connectivity index (χ1v) is 13.1. The van der Waals surface area contributed by atoms with Gasteiger partial charge in [-0.25, -0.2) is 4.79 Å². The van der Waals surface area contributed by atoms with E-state index in [-0.39, 0.29) is 0 Å². The molecule has 36 heavy (non-hydrogen) atoms. The van der Waals surface area contributed by atoms with Crippen LogP contribution in [0.2, 0.25) is 5.02 Å². The number of hydrogen-bond acceptors (Lipinski definition) is 5. The average Bonchev–Trinajstić information content (AvgIpc) is 3.26. The van der Waals surface area contributed by atoms with Crippen molar-refractivity contribution < 1.29 is 9.53 Å². The summed E-state index contributed by atoms with van der Waals surface area (Å²) in [5.41, 5.74) is 2.73. The van der Waals surface area contributed by atoms with E-state index < -0.39 is 5.97 Å². The lowest BCUT2D eigenvalue weighted by Gasteiger charge is -2.20. The first-order valence-electron chi connectivity index (χ1n) is 11.9. The minimum atomic E-state index is -0.477. The van der Waals surface area contributed by atoms with Crippen molar-refractivity contribution in [2.24, 2.45) is 4.99 Å². The Morgan fingerprint density at radius 3 is 2.33 bits per heavy atom. The number of fused-ring (bicyclic) bond motifs is 2. The third kappa shape index (κ3) is 4.72. The van der Waals surface area contributed by atoms with Gasteiger partial charge in [0.15, 0.2) is 0 Å². The molecule has 6 heteroatoms. The highest BCUT2D eigenvalue weighted by Crippen LogP contribution is 2.36. The highest BCUT2D eigenvalue weighted by Gasteiger charge is 2.20. The fourth-order valence-electron chi connectivity index (χ4n) is 4.27. The molecule has 180 valence electrons. The van der Waals surface area contributed by atoms with Gasteiger partial charge in [0.2, 0.25) is 0 Å². The van der Waals surface area contributed by atoms with E-state index in [1.807, 2.05) is 72.8 Å². The third-order valence-corrected chi connectivity index (χ3v) is 7.83. The number of carbonyl (C=O) groups excluding carboxylic acids is 1. The topological polar surface area (TPSA) is 41.9 Å². The number of esters is 1. The van der Waals surface area contributed by atoms with E-state index in [1.165, 1.54) is 17.0 Å². The summed E-state index contributed by atoms with van der Waals surface area (Å²) in [6.45, 7) is 6.19. The minimum Gasteiger partial charge on any atom is -0.422 e. The molecule has 0 fully saturated rings. The van der Waals surface area contributed by atoms with E-state index >= 15 is 0 Å². The second-order valence-corrected chi connectivity index (χ2v) is 9.71. The van der Waals surface area contributed by atoms with Crippen LogP contribution in [-0.2, 0) is 0 Å². The number of rotatable bonds is 7. The van der Waals surface area contributed by atoms with Crippen LogP contribution in [0.4, 0.5) is 11.4 Å². The lowest BCUT2D eigenvalue weighted by molar-refractivity contribution is 0.0740. The standard InChI is InChI=1S/C30H25ClN2O2S/c1-3-33(4-2)22-16-14-21(15-17-22)32-19-25-23-10-6-5-9-20(23)13-18-26(25)35-30(34)29-28(31)24-11-7-8-12-27(24)36-29/h5-19H,3-4H2,1-2H3. The molecule has 0 saturated carbocycles. The van der Waals surface area contributed by atoms with Crippen molar-refractivity contribution in [3.05, 3.63) is 100 Å². The van der Waals surface area contributed by atoms with Gasteiger partial charge in [0.05, 0.1) is 10.7 Å². The van der Waals surface area contributed by atoms with Crippen LogP contribution < -0.4 is 9.64 Å². The van der Waals surface area contributed by atoms with Gasteiger partial charge < -0.3 is 9.64 Å². The summed E-state index contributed by atoms with van der Waals surface area (Å²) >= 11 is 7.86. The smallest absolute Gasteiger partial charge is 0.355 e. The molecule has 0 spiro atoms. The maximum Gasteiger partial charge on any atom is 0.355 e. The number of aliphatic imine (C=N–C) groups is 1. The molecule has 5 aromatic rings. The molecule has 0 atom stereocenters. The van der Waals surface area contributed by atoms with Gasteiger partial charge >= 0.3 is 5.97 Å². The number of halogens is 1. The van der Waals surface area contributed by atoms with Crippen LogP contribution in [0.5, 0.6) is 5.75 Å². The summed E-state index contributed by atoms with van der Waals surface area (Å²) in [6.07, 6.45) is 1.77. The van der Waals surface area contributed by atoms with Crippen molar-refractivity contribution in [3.63, 3.8) is 0 Å². The Morgan fingerprint density at radius 1 is 0.917 bits per heavy atom. The van der Waals surface area contributed by atoms with Gasteiger partial charge in [-0.05, 0) is 61.0 Å². The predicted molar refractivity (Wildman–Crippen MR) is 153 cm³/mol. The van der Waals surface area contributed by atoms with Gasteiger partial charge in [0.1, 0.15) is 10.6 Å². The third-order valence-electron chi connectivity index (χ3n) is 6.17. The number of nitrogens with zero attached hydrogens (tertiary/aromatic N) is 2. The molecule has 0 aliphatic rings. The molecule has 5 rings (SSSR count). The molecule has 0 unspecified atom stereocenters. The zero-order valence-corrected chi connectivity index (χ0v) is 21.6. The van der Waals surface area contributed by atoms with Gasteiger partial charge in [-0.1, -0.05) is 60.1 Å². The molecule has 4 nitrogen and oxygen atoms in total. The molecule has 0 radical (unpaired) electrons. The van der Waals surface area contributed by atoms with Crippen molar-refractivity contribution in [2.45, 2.75) is 13.8 Å². The van der Waals surface area contributed by atoms with Crippen molar-refractivity contribution in [3.8, 4) is 5.75 Å². The zero-order chi connectivity index (χ0) is 25.1. The van der Waals surface area contributed by atoms with Crippen LogP contribution in [0.3, 0.4) is 0 Å². The monoisotopic (exact) mass is 512 g/mol. The summed E-state index contributed by atoms with van der Waals surface area (Å²) in [7, 11) is 0. The van der Waals surface area contributed by atoms with E-state index in [0.29, 0.717) is 15.6 Å². The molecule has 0 saturated heterocycles. The van der Waals surface area contributed by atoms with Gasteiger partial charge in [-0.2, -0.15) is 0 Å². The number of hydrogen-bond donors (Lipinski definition) is 0. The molecule has 0 aliphatic heterocycles. The Labute approximate surface area is 219 Å². The molecule has 0 N–H and O–H groups in total. The molecule has 1 heterocycles. The molecule has 4 aromatic carbocycles. The zero-order valence-electron chi connectivity index (χ0n) is 20.1. The summed E-state index contributed by atoms with van der Waals surface area (Å²) in [5.74, 6) is -0.0366. The maximum absolute atomic E-state index is 13.2. The highest BCUT2D eigenvalue weighted by molar-refractivity contribution is 7.21. The highest BCUT2D eigenvalue weighted by atomic mass is 35.5. The first-order chi connectivity index (χ1) is 17.6. The molecular weight excluding hydrogens is 488 g/mol. The number of benzene rings is 4. The fraction of sp³-hybridized carbons (Fsp3) is 0.133. The minimum absolute atomic E-state index is 0.390. The van der Waals surface area contributed by atoms with E-state index in [0.717, 1.165) is 45.2 Å². The Hall–Kier alpha value is -3.67. The van der Waals surface area contributed by atoms with Gasteiger partial charge in [0, 0.05) is 40.6 Å². The lowest BCUT2D eigenvalue weighted by Crippen LogP contribution is -2.21. The molecule has 1 aromatic heterocycles. The SMILES string of the molecule is CCN(CC)c1ccc(N=Cc2c(OC(=O)c3sc4ccccc4c3Cl)ccc3ccccc23)cc1. The average molecular weight is 513 g/mol. The summed E-state index contributed by atoms with van der Waals surface area (Å²) in [6, 6.07) is 27.6. The molecule has 0 amide bonds. The lowest BCUT2D eigenvalue weighted by atomic mass is 10.0. The predicted octanol–water partition coefficient (Wildman–Crippen LogP) is 8.52. The van der Waals surface area contributed by atoms with Crippen LogP contribution >= 0.6 is 22.9 Å². The Kier molecular flexibility index (Phi) is 7.03. The van der Waals surface area contributed by atoms with Crippen molar-refractivity contribution >= 4 is 67.4 Å². The van der Waals surface area contributed by atoms with Crippen molar-refractivity contribution in [1.82, 2.24) is 0 Å². The quantitative estimate of drug-likeness (QED) is 0.125. The van der Waals surface area contributed by atoms with Gasteiger partial charge in [-0.15, -0.1) is 11.3 Å². The fourth-order valence-corrected chi connectivity index (χ4v) is 5.65. The number of ether oxygens (including phenoxy) is 1. The van der Waals surface area contributed by atoms with E-state index in [1.54, 1.807) is 6.21 Å². The van der Waals surface area contributed by atoms with Crippen LogP contribution in [0.25, 0.3) is 20.9 Å². The normalized spacial score (nSPS) is 11.4. The molecular formula is C30H25ClN2O2S. The maximum atomic E-state index is 13.2. The first kappa shape index (κ1) is 24.0. The second kappa shape index (κ2) is 10.5. The number of thiophene rings is 1. The Bertz CT molecular complexity index is 1570. The summed E-state index contributed by atoms with van der Waals surface area (Å²) in [4.78, 5) is 20.6. The Balaban J connectivity index is 1.49. The van der Waals surface area contributed by atoms with E-state index in [2.05, 4.69) is 30.9 Å². The largest absolute Gasteiger partial charge is 0.422 e. The molecule has 0 aliphatic carbocycles. The second-order valence-electron chi connectivity index (χ2n) is 8.28. The van der Waals surface area contributed by atoms with Crippen molar-refractivity contribution in [2.75, 3.05) is 18.0 Å². The van der Waals surface area contributed by atoms with Crippen LogP contribution in [0, 0.1) is 0 Å². The summed E-state index contributed by atoms with van der Waals surface area (Å²) < 4.78 is 6.85. The van der Waals surface area contributed by atoms with E-state index in [9.17, 15) is 4.79 Å². The molecule has 0 bridgehead atoms. The summed E-state index contributed by atoms with van der Waals surface area (Å²) in [5, 5.41) is 3.26. The Morgan fingerprint density at radius 2 is 1.61 bits per heavy atom. The van der Waals surface area contributed by atoms with Gasteiger partial charge in [-0.3, -0.25) is 4.99 Å². The van der Waals surface area contributed by atoms with Gasteiger partial charge in [0.25, 0.3) is 0 Å². The van der Waals surface area contributed by atoms with Crippen molar-refractivity contribution in [1.29, 1.82) is 0 Å². The van der Waals surface area contributed by atoms with E-state index in [4.69, 9.17) is 21.3 Å². The van der Waals surface area contributed by atoms with Crippen LogP contribution in [-0.4, -0.2) is 25.3 Å². The number of carbonyl (C=O) groups is 1. The number of anilines is 1. The van der Waals surface area contributed by atoms with Crippen LogP contribution in [0.1, 0.15) is 29.1 Å².